The van der Waals surface area contributed by atoms with Crippen LogP contribution < -0.4 is 0 Å². The van der Waals surface area contributed by atoms with Gasteiger partial charge in [-0.2, -0.15) is 0 Å². The number of carbonyl (C=O) groups is 1. The molecule has 1 unspecified atom stereocenters. The first-order valence-electron chi connectivity index (χ1n) is 13.8. The van der Waals surface area contributed by atoms with E-state index in [1.807, 2.05) is 11.1 Å². The van der Waals surface area contributed by atoms with Gasteiger partial charge in [0.15, 0.2) is 0 Å². The molecule has 2 saturated carbocycles. The summed E-state index contributed by atoms with van der Waals surface area (Å²) in [6.45, 7) is 19.5. The standard InChI is InChI=1S/C31H50O/c1-9-21(2)11-10-12-22(3)23-15-19-31(8)25-13-14-26-28(4,5)27(32)17-18-29(26,6)24(25)16-20-30(23,31)7/h11,22-23,26H,9-10,12-20H2,1-8H3/t22-,23-,26?,29-,30-,31+/m1/s1. The molecular weight excluding hydrogens is 388 g/mol. The average molecular weight is 439 g/mol. The Bertz CT molecular complexity index is 827. The Kier molecular flexibility index (Phi) is 6.17. The van der Waals surface area contributed by atoms with Crippen LogP contribution in [0.4, 0.5) is 0 Å². The third-order valence-electron chi connectivity index (χ3n) is 11.9. The molecule has 0 N–H and O–H groups in total. The largest absolute Gasteiger partial charge is 0.299 e. The lowest BCUT2D eigenvalue weighted by Gasteiger charge is -2.61. The molecule has 0 bridgehead atoms. The number of hydrogen-bond donors (Lipinski definition) is 0. The minimum Gasteiger partial charge on any atom is -0.299 e. The smallest absolute Gasteiger partial charge is 0.138 e. The maximum Gasteiger partial charge on any atom is 0.138 e. The topological polar surface area (TPSA) is 17.1 Å². The Morgan fingerprint density at radius 1 is 1.00 bits per heavy atom. The Morgan fingerprint density at radius 2 is 1.72 bits per heavy atom. The molecule has 180 valence electrons. The molecule has 0 heterocycles. The third kappa shape index (κ3) is 3.34. The highest BCUT2D eigenvalue weighted by Gasteiger charge is 2.63. The molecule has 0 saturated heterocycles. The van der Waals surface area contributed by atoms with Gasteiger partial charge >= 0.3 is 0 Å². The van der Waals surface area contributed by atoms with Crippen molar-refractivity contribution in [1.29, 1.82) is 0 Å². The van der Waals surface area contributed by atoms with E-state index in [-0.39, 0.29) is 10.8 Å². The molecule has 0 aliphatic heterocycles. The van der Waals surface area contributed by atoms with E-state index in [0.29, 0.717) is 22.5 Å². The summed E-state index contributed by atoms with van der Waals surface area (Å²) < 4.78 is 0. The highest BCUT2D eigenvalue weighted by molar-refractivity contribution is 5.85. The van der Waals surface area contributed by atoms with E-state index in [1.165, 1.54) is 57.8 Å². The second-order valence-electron chi connectivity index (χ2n) is 13.5. The van der Waals surface area contributed by atoms with Gasteiger partial charge in [0.2, 0.25) is 0 Å². The van der Waals surface area contributed by atoms with Crippen LogP contribution in [-0.2, 0) is 4.79 Å². The fourth-order valence-corrected chi connectivity index (χ4v) is 9.38. The number of Topliss-reactive ketones (excluding diaryl/α,β-unsaturated/α-hetero) is 1. The lowest BCUT2D eigenvalue weighted by atomic mass is 9.43. The van der Waals surface area contributed by atoms with Crippen molar-refractivity contribution in [2.24, 2.45) is 39.4 Å². The summed E-state index contributed by atoms with van der Waals surface area (Å²) in [6.07, 6.45) is 16.1. The predicted octanol–water partition coefficient (Wildman–Crippen LogP) is 9.08. The molecule has 0 aromatic heterocycles. The molecule has 2 fully saturated rings. The molecule has 0 spiro atoms. The fraction of sp³-hybridized carbons (Fsp3) is 0.839. The Balaban J connectivity index is 1.62. The van der Waals surface area contributed by atoms with E-state index in [2.05, 4.69) is 61.5 Å². The molecule has 32 heavy (non-hydrogen) atoms. The molecule has 4 aliphatic carbocycles. The van der Waals surface area contributed by atoms with Crippen LogP contribution in [0.2, 0.25) is 0 Å². The Morgan fingerprint density at radius 3 is 2.41 bits per heavy atom. The lowest BCUT2D eigenvalue weighted by Crippen LogP contribution is -2.53. The number of allylic oxidation sites excluding steroid dienone is 4. The summed E-state index contributed by atoms with van der Waals surface area (Å²) in [7, 11) is 0. The van der Waals surface area contributed by atoms with Gasteiger partial charge in [0.1, 0.15) is 5.78 Å². The first-order chi connectivity index (χ1) is 14.9. The van der Waals surface area contributed by atoms with E-state index >= 15 is 0 Å². The summed E-state index contributed by atoms with van der Waals surface area (Å²) in [5, 5.41) is 0. The highest BCUT2D eigenvalue weighted by atomic mass is 16.1. The molecule has 4 aliphatic rings. The van der Waals surface area contributed by atoms with Crippen LogP contribution in [-0.4, -0.2) is 5.78 Å². The normalized spacial score (nSPS) is 42.4. The van der Waals surface area contributed by atoms with Gasteiger partial charge < -0.3 is 0 Å². The van der Waals surface area contributed by atoms with Crippen molar-refractivity contribution in [2.45, 2.75) is 126 Å². The quantitative estimate of drug-likeness (QED) is 0.391. The van der Waals surface area contributed by atoms with Gasteiger partial charge in [0, 0.05) is 11.8 Å². The predicted molar refractivity (Wildman–Crippen MR) is 136 cm³/mol. The lowest BCUT2D eigenvalue weighted by molar-refractivity contribution is -0.139. The molecule has 0 radical (unpaired) electrons. The average Bonchev–Trinajstić information content (AvgIpc) is 3.02. The van der Waals surface area contributed by atoms with Gasteiger partial charge in [-0.05, 0) is 105 Å². The van der Waals surface area contributed by atoms with E-state index in [0.717, 1.165) is 24.7 Å². The zero-order valence-electron chi connectivity index (χ0n) is 22.5. The van der Waals surface area contributed by atoms with Gasteiger partial charge in [0.05, 0.1) is 0 Å². The molecular formula is C31H50O. The van der Waals surface area contributed by atoms with Crippen LogP contribution in [0.25, 0.3) is 0 Å². The molecule has 0 aromatic carbocycles. The SMILES string of the molecule is CCC(C)=CCC[C@@H](C)[C@H]1CC[C@@]2(C)C3=C(CC[C@]12C)[C@@]1(C)CCC(=O)C(C)(C)C1CC3. The number of carbonyl (C=O) groups excluding carboxylic acids is 1. The van der Waals surface area contributed by atoms with Gasteiger partial charge in [-0.1, -0.05) is 71.3 Å². The van der Waals surface area contributed by atoms with Crippen molar-refractivity contribution in [3.8, 4) is 0 Å². The molecule has 0 amide bonds. The van der Waals surface area contributed by atoms with Crippen LogP contribution in [0.1, 0.15) is 126 Å². The molecule has 1 heteroatoms. The Hall–Kier alpha value is -0.850. The summed E-state index contributed by atoms with van der Waals surface area (Å²) in [5.74, 6) is 2.71. The van der Waals surface area contributed by atoms with Gasteiger partial charge in [-0.15, -0.1) is 0 Å². The van der Waals surface area contributed by atoms with Crippen molar-refractivity contribution >= 4 is 5.78 Å². The van der Waals surface area contributed by atoms with Crippen LogP contribution in [0, 0.1) is 39.4 Å². The van der Waals surface area contributed by atoms with Gasteiger partial charge in [-0.3, -0.25) is 4.79 Å². The first kappa shape index (κ1) is 24.3. The number of fused-ring (bicyclic) bond motifs is 4. The molecule has 0 aromatic rings. The van der Waals surface area contributed by atoms with Crippen LogP contribution in [0.15, 0.2) is 22.8 Å². The van der Waals surface area contributed by atoms with E-state index in [1.54, 1.807) is 5.57 Å². The van der Waals surface area contributed by atoms with Gasteiger partial charge in [-0.25, -0.2) is 0 Å². The first-order valence-corrected chi connectivity index (χ1v) is 13.8. The van der Waals surface area contributed by atoms with E-state index in [9.17, 15) is 4.79 Å². The van der Waals surface area contributed by atoms with E-state index in [4.69, 9.17) is 0 Å². The summed E-state index contributed by atoms with van der Waals surface area (Å²) in [4.78, 5) is 12.8. The second kappa shape index (κ2) is 8.13. The summed E-state index contributed by atoms with van der Waals surface area (Å²) >= 11 is 0. The zero-order chi connectivity index (χ0) is 23.5. The summed E-state index contributed by atoms with van der Waals surface area (Å²) in [6, 6.07) is 0. The second-order valence-corrected chi connectivity index (χ2v) is 13.5. The number of ketones is 1. The van der Waals surface area contributed by atoms with Crippen LogP contribution in [0.5, 0.6) is 0 Å². The molecule has 4 rings (SSSR count). The van der Waals surface area contributed by atoms with Crippen molar-refractivity contribution in [3.63, 3.8) is 0 Å². The maximum atomic E-state index is 12.8. The highest BCUT2D eigenvalue weighted by Crippen LogP contribution is 2.72. The number of hydrogen-bond acceptors (Lipinski definition) is 1. The maximum absolute atomic E-state index is 12.8. The minimum absolute atomic E-state index is 0.149. The van der Waals surface area contributed by atoms with Crippen LogP contribution in [0.3, 0.4) is 0 Å². The number of rotatable bonds is 5. The molecule has 1 nitrogen and oxygen atoms in total. The van der Waals surface area contributed by atoms with Crippen molar-refractivity contribution in [3.05, 3.63) is 22.8 Å². The monoisotopic (exact) mass is 438 g/mol. The zero-order valence-corrected chi connectivity index (χ0v) is 22.5. The Labute approximate surface area is 198 Å². The van der Waals surface area contributed by atoms with Gasteiger partial charge in [0.25, 0.3) is 0 Å². The summed E-state index contributed by atoms with van der Waals surface area (Å²) in [5.41, 5.74) is 6.12. The molecule has 6 atom stereocenters. The van der Waals surface area contributed by atoms with E-state index < -0.39 is 0 Å². The fourth-order valence-electron chi connectivity index (χ4n) is 9.38. The van der Waals surface area contributed by atoms with Crippen molar-refractivity contribution < 1.29 is 4.79 Å². The minimum atomic E-state index is -0.149. The van der Waals surface area contributed by atoms with Crippen molar-refractivity contribution in [1.82, 2.24) is 0 Å². The third-order valence-corrected chi connectivity index (χ3v) is 11.9. The van der Waals surface area contributed by atoms with Crippen molar-refractivity contribution in [2.75, 3.05) is 0 Å². The van der Waals surface area contributed by atoms with Crippen LogP contribution >= 0.6 is 0 Å².